The summed E-state index contributed by atoms with van der Waals surface area (Å²) in [4.78, 5) is 29.6. The van der Waals surface area contributed by atoms with Gasteiger partial charge in [0.25, 0.3) is 0 Å². The molecule has 3 heterocycles. The molecule has 7 nitrogen and oxygen atoms in total. The van der Waals surface area contributed by atoms with Gasteiger partial charge in [0.1, 0.15) is 5.82 Å². The number of likely N-dealkylation sites (tertiary alicyclic amines) is 1. The number of aromatic nitrogens is 1. The summed E-state index contributed by atoms with van der Waals surface area (Å²) in [5, 5.41) is 16.4. The molecule has 0 saturated carbocycles. The van der Waals surface area contributed by atoms with Crippen LogP contribution in [0.3, 0.4) is 0 Å². The van der Waals surface area contributed by atoms with Crippen molar-refractivity contribution in [2.75, 3.05) is 32.1 Å². The van der Waals surface area contributed by atoms with Gasteiger partial charge in [-0.3, -0.25) is 5.32 Å². The van der Waals surface area contributed by atoms with Crippen LogP contribution < -0.4 is 5.32 Å². The minimum Gasteiger partial charge on any atom is -0.465 e. The number of aliphatic hydroxyl groups is 1. The number of rotatable bonds is 4. The summed E-state index contributed by atoms with van der Waals surface area (Å²) in [5.41, 5.74) is 1.47. The van der Waals surface area contributed by atoms with Gasteiger partial charge >= 0.3 is 12.0 Å². The van der Waals surface area contributed by atoms with Crippen molar-refractivity contribution in [3.63, 3.8) is 0 Å². The van der Waals surface area contributed by atoms with Gasteiger partial charge in [0.05, 0.1) is 12.7 Å². The minimum absolute atomic E-state index is 0.0232. The normalized spacial score (nSPS) is 19.7. The van der Waals surface area contributed by atoms with E-state index in [0.717, 1.165) is 5.56 Å². The standard InChI is InChI=1S/C17H19N3O4S/c1-24-16(22)11-2-3-15(18-6-11)19-17(23)20-7-13(9-21)14(8-20)12-4-5-25-10-12/h2-6,10,13-14,21H,7-9H2,1H3,(H,18,19,23)/t13-,14-/m0/s1. The third-order valence-electron chi connectivity index (χ3n) is 4.35. The van der Waals surface area contributed by atoms with E-state index in [9.17, 15) is 14.7 Å². The maximum Gasteiger partial charge on any atom is 0.339 e. The number of esters is 1. The third-order valence-corrected chi connectivity index (χ3v) is 5.06. The van der Waals surface area contributed by atoms with E-state index < -0.39 is 5.97 Å². The fraction of sp³-hybridized carbons (Fsp3) is 0.353. The van der Waals surface area contributed by atoms with Crippen LogP contribution in [0.25, 0.3) is 0 Å². The lowest BCUT2D eigenvalue weighted by Gasteiger charge is -2.16. The Morgan fingerprint density at radius 1 is 1.40 bits per heavy atom. The molecule has 8 heteroatoms. The minimum atomic E-state index is -0.477. The predicted octanol–water partition coefficient (Wildman–Crippen LogP) is 2.17. The van der Waals surface area contributed by atoms with Gasteiger partial charge in [-0.25, -0.2) is 14.6 Å². The largest absolute Gasteiger partial charge is 0.465 e. The number of methoxy groups -OCH3 is 1. The van der Waals surface area contributed by atoms with Gasteiger partial charge in [-0.05, 0) is 34.5 Å². The first-order chi connectivity index (χ1) is 12.1. The molecule has 0 unspecified atom stereocenters. The summed E-state index contributed by atoms with van der Waals surface area (Å²) < 4.78 is 4.61. The summed E-state index contributed by atoms with van der Waals surface area (Å²) >= 11 is 1.61. The highest BCUT2D eigenvalue weighted by atomic mass is 32.1. The van der Waals surface area contributed by atoms with Crippen molar-refractivity contribution in [2.24, 2.45) is 5.92 Å². The van der Waals surface area contributed by atoms with Crippen molar-refractivity contribution in [1.29, 1.82) is 0 Å². The predicted molar refractivity (Wildman–Crippen MR) is 93.8 cm³/mol. The van der Waals surface area contributed by atoms with E-state index >= 15 is 0 Å². The summed E-state index contributed by atoms with van der Waals surface area (Å²) in [6, 6.07) is 4.87. The highest BCUT2D eigenvalue weighted by Crippen LogP contribution is 2.33. The number of nitrogens with one attached hydrogen (secondary N) is 1. The first-order valence-electron chi connectivity index (χ1n) is 7.85. The molecule has 132 valence electrons. The Bertz CT molecular complexity index is 733. The Morgan fingerprint density at radius 2 is 2.24 bits per heavy atom. The molecule has 0 bridgehead atoms. The van der Waals surface area contributed by atoms with Crippen LogP contribution in [0.2, 0.25) is 0 Å². The first kappa shape index (κ1) is 17.4. The maximum absolute atomic E-state index is 12.5. The number of ether oxygens (including phenoxy) is 1. The van der Waals surface area contributed by atoms with Gasteiger partial charge in [0.15, 0.2) is 0 Å². The fourth-order valence-electron chi connectivity index (χ4n) is 2.98. The molecule has 0 radical (unpaired) electrons. The Kier molecular flexibility index (Phi) is 5.30. The molecule has 2 N–H and O–H groups in total. The van der Waals surface area contributed by atoms with Crippen molar-refractivity contribution in [2.45, 2.75) is 5.92 Å². The van der Waals surface area contributed by atoms with Crippen molar-refractivity contribution in [1.82, 2.24) is 9.88 Å². The second-order valence-corrected chi connectivity index (χ2v) is 6.64. The van der Waals surface area contributed by atoms with E-state index in [1.165, 1.54) is 13.3 Å². The van der Waals surface area contributed by atoms with E-state index in [1.807, 2.05) is 11.4 Å². The zero-order valence-electron chi connectivity index (χ0n) is 13.7. The number of urea groups is 1. The summed E-state index contributed by atoms with van der Waals surface area (Å²) in [6.07, 6.45) is 1.36. The molecule has 0 aromatic carbocycles. The molecule has 3 rings (SSSR count). The number of hydrogen-bond acceptors (Lipinski definition) is 6. The number of anilines is 1. The van der Waals surface area contributed by atoms with Crippen LogP contribution in [0, 0.1) is 5.92 Å². The second-order valence-electron chi connectivity index (χ2n) is 5.86. The van der Waals surface area contributed by atoms with Gasteiger partial charge < -0.3 is 14.7 Å². The first-order valence-corrected chi connectivity index (χ1v) is 8.80. The maximum atomic E-state index is 12.5. The lowest BCUT2D eigenvalue weighted by Crippen LogP contribution is -2.33. The van der Waals surface area contributed by atoms with E-state index in [1.54, 1.807) is 28.4 Å². The van der Waals surface area contributed by atoms with Crippen LogP contribution in [0.1, 0.15) is 21.8 Å². The molecule has 1 aliphatic heterocycles. The van der Waals surface area contributed by atoms with Crippen LogP contribution >= 0.6 is 11.3 Å². The number of amides is 2. The molecule has 1 saturated heterocycles. The lowest BCUT2D eigenvalue weighted by atomic mass is 9.92. The number of pyridine rings is 1. The van der Waals surface area contributed by atoms with E-state index in [0.29, 0.717) is 24.5 Å². The average molecular weight is 361 g/mol. The molecule has 0 spiro atoms. The van der Waals surface area contributed by atoms with Crippen LogP contribution in [-0.4, -0.2) is 53.8 Å². The molecule has 2 amide bonds. The quantitative estimate of drug-likeness (QED) is 0.815. The van der Waals surface area contributed by atoms with Crippen LogP contribution in [0.4, 0.5) is 10.6 Å². The molecule has 2 aromatic heterocycles. The molecule has 1 aliphatic rings. The van der Waals surface area contributed by atoms with Gasteiger partial charge in [-0.1, -0.05) is 0 Å². The van der Waals surface area contributed by atoms with Crippen molar-refractivity contribution in [3.8, 4) is 0 Å². The highest BCUT2D eigenvalue weighted by Gasteiger charge is 2.36. The SMILES string of the molecule is COC(=O)c1ccc(NC(=O)N2C[C@@H](CO)[C@H](c3ccsc3)C2)nc1. The molecule has 1 fully saturated rings. The van der Waals surface area contributed by atoms with E-state index in [-0.39, 0.29) is 24.5 Å². The Hall–Kier alpha value is -2.45. The average Bonchev–Trinajstić information content (AvgIpc) is 3.30. The number of nitrogens with zero attached hydrogens (tertiary/aromatic N) is 2. The summed E-state index contributed by atoms with van der Waals surface area (Å²) in [6.45, 7) is 1.08. The van der Waals surface area contributed by atoms with Gasteiger partial charge in [-0.2, -0.15) is 11.3 Å². The van der Waals surface area contributed by atoms with Crippen LogP contribution in [-0.2, 0) is 4.74 Å². The van der Waals surface area contributed by atoms with Gasteiger partial charge in [0.2, 0.25) is 0 Å². The van der Waals surface area contributed by atoms with Crippen LogP contribution in [0.5, 0.6) is 0 Å². The van der Waals surface area contributed by atoms with Crippen molar-refractivity contribution < 1.29 is 19.4 Å². The number of carbonyl (C=O) groups is 2. The zero-order chi connectivity index (χ0) is 17.8. The Labute approximate surface area is 149 Å². The second kappa shape index (κ2) is 7.62. The Morgan fingerprint density at radius 3 is 2.84 bits per heavy atom. The number of aliphatic hydroxyl groups excluding tert-OH is 1. The zero-order valence-corrected chi connectivity index (χ0v) is 14.5. The molecule has 2 atom stereocenters. The third kappa shape index (κ3) is 3.80. The van der Waals surface area contributed by atoms with E-state index in [4.69, 9.17) is 0 Å². The van der Waals surface area contributed by atoms with Gasteiger partial charge in [-0.15, -0.1) is 0 Å². The lowest BCUT2D eigenvalue weighted by molar-refractivity contribution is 0.0600. The molecular weight excluding hydrogens is 342 g/mol. The summed E-state index contributed by atoms with van der Waals surface area (Å²) in [5.74, 6) is 0.0400. The monoisotopic (exact) mass is 361 g/mol. The van der Waals surface area contributed by atoms with Crippen molar-refractivity contribution >= 4 is 29.2 Å². The van der Waals surface area contributed by atoms with E-state index in [2.05, 4.69) is 20.4 Å². The molecule has 2 aromatic rings. The highest BCUT2D eigenvalue weighted by molar-refractivity contribution is 7.08. The number of carbonyl (C=O) groups excluding carboxylic acids is 2. The number of hydrogen-bond donors (Lipinski definition) is 2. The van der Waals surface area contributed by atoms with Gasteiger partial charge in [0, 0.05) is 37.7 Å². The van der Waals surface area contributed by atoms with Crippen LogP contribution in [0.15, 0.2) is 35.2 Å². The fourth-order valence-corrected chi connectivity index (χ4v) is 3.71. The molecule has 0 aliphatic carbocycles. The molecule has 25 heavy (non-hydrogen) atoms. The topological polar surface area (TPSA) is 91.8 Å². The number of thiophene rings is 1. The summed E-state index contributed by atoms with van der Waals surface area (Å²) in [7, 11) is 1.30. The molecular formula is C17H19N3O4S. The van der Waals surface area contributed by atoms with Crippen molar-refractivity contribution in [3.05, 3.63) is 46.3 Å². The smallest absolute Gasteiger partial charge is 0.339 e. The Balaban J connectivity index is 1.64.